The minimum absolute atomic E-state index is 0.774. The quantitative estimate of drug-likeness (QED) is 0.862. The normalized spacial score (nSPS) is 19.2. The second kappa shape index (κ2) is 6.12. The maximum Gasteiger partial charge on any atom is 0.122 e. The second-order valence-corrected chi connectivity index (χ2v) is 4.70. The van der Waals surface area contributed by atoms with Gasteiger partial charge in [-0.15, -0.1) is 0 Å². The second-order valence-electron chi connectivity index (χ2n) is 4.70. The van der Waals surface area contributed by atoms with Gasteiger partial charge in [0.1, 0.15) is 6.17 Å². The Balaban J connectivity index is 1.82. The molecular formula is C14H21FN2. The van der Waals surface area contributed by atoms with Gasteiger partial charge in [0.2, 0.25) is 0 Å². The van der Waals surface area contributed by atoms with Gasteiger partial charge in [-0.25, -0.2) is 4.39 Å². The summed E-state index contributed by atoms with van der Waals surface area (Å²) in [5, 5.41) is 3.35. The zero-order valence-corrected chi connectivity index (χ0v) is 10.5. The summed E-state index contributed by atoms with van der Waals surface area (Å²) in [4.78, 5) is 2.47. The van der Waals surface area contributed by atoms with E-state index in [9.17, 15) is 4.39 Å². The largest absolute Gasteiger partial charge is 0.314 e. The van der Waals surface area contributed by atoms with Gasteiger partial charge in [0.15, 0.2) is 0 Å². The summed E-state index contributed by atoms with van der Waals surface area (Å²) in [6, 6.07) is 7.90. The van der Waals surface area contributed by atoms with Crippen LogP contribution in [-0.2, 0) is 6.42 Å². The van der Waals surface area contributed by atoms with Gasteiger partial charge < -0.3 is 10.2 Å². The molecule has 1 aromatic carbocycles. The maximum absolute atomic E-state index is 13.0. The van der Waals surface area contributed by atoms with Crippen LogP contribution < -0.4 is 5.32 Å². The number of piperazine rings is 1. The predicted molar refractivity (Wildman–Crippen MR) is 69.0 cm³/mol. The Morgan fingerprint density at radius 2 is 1.88 bits per heavy atom. The molecular weight excluding hydrogens is 215 g/mol. The van der Waals surface area contributed by atoms with Crippen LogP contribution in [0.5, 0.6) is 0 Å². The highest BCUT2D eigenvalue weighted by Crippen LogP contribution is 2.16. The van der Waals surface area contributed by atoms with Gasteiger partial charge >= 0.3 is 0 Å². The highest BCUT2D eigenvalue weighted by molar-refractivity contribution is 5.24. The van der Waals surface area contributed by atoms with Gasteiger partial charge in [-0.3, -0.25) is 0 Å². The molecule has 1 unspecified atom stereocenters. The molecule has 0 saturated carbocycles. The van der Waals surface area contributed by atoms with Crippen LogP contribution in [0.1, 0.15) is 24.2 Å². The van der Waals surface area contributed by atoms with Crippen LogP contribution in [0.25, 0.3) is 0 Å². The Bertz CT molecular complexity index is 329. The first-order valence-electron chi connectivity index (χ1n) is 6.41. The Hall–Kier alpha value is -0.930. The number of nitrogens with zero attached hydrogens (tertiary/aromatic N) is 1. The molecule has 0 spiro atoms. The van der Waals surface area contributed by atoms with Crippen LogP contribution in [0.2, 0.25) is 0 Å². The molecule has 17 heavy (non-hydrogen) atoms. The lowest BCUT2D eigenvalue weighted by Gasteiger charge is -2.27. The minimum atomic E-state index is -0.864. The standard InChI is InChI=1S/C14H21FN2/c1-12(15)14-4-2-13(3-5-14)6-9-17-10-7-16-8-11-17/h2-5,12,16H,6-11H2,1H3. The average Bonchev–Trinajstić information content (AvgIpc) is 2.38. The van der Waals surface area contributed by atoms with E-state index in [1.807, 2.05) is 24.3 Å². The monoisotopic (exact) mass is 236 g/mol. The first-order valence-corrected chi connectivity index (χ1v) is 6.41. The number of alkyl halides is 1. The van der Waals surface area contributed by atoms with Crippen molar-refractivity contribution in [2.45, 2.75) is 19.5 Å². The van der Waals surface area contributed by atoms with E-state index in [0.717, 1.165) is 44.7 Å². The molecule has 1 atom stereocenters. The van der Waals surface area contributed by atoms with Crippen molar-refractivity contribution >= 4 is 0 Å². The van der Waals surface area contributed by atoms with Crippen molar-refractivity contribution in [1.82, 2.24) is 10.2 Å². The van der Waals surface area contributed by atoms with Crippen LogP contribution in [0, 0.1) is 0 Å². The summed E-state index contributed by atoms with van der Waals surface area (Å²) in [5.41, 5.74) is 2.07. The van der Waals surface area contributed by atoms with Crippen LogP contribution in [0.4, 0.5) is 4.39 Å². The number of hydrogen-bond acceptors (Lipinski definition) is 2. The lowest BCUT2D eigenvalue weighted by molar-refractivity contribution is 0.244. The first kappa shape index (κ1) is 12.5. The highest BCUT2D eigenvalue weighted by Gasteiger charge is 2.09. The zero-order chi connectivity index (χ0) is 12.1. The molecule has 3 heteroatoms. The Kier molecular flexibility index (Phi) is 4.51. The zero-order valence-electron chi connectivity index (χ0n) is 10.5. The van der Waals surface area contributed by atoms with Gasteiger partial charge in [-0.05, 0) is 24.5 Å². The van der Waals surface area contributed by atoms with E-state index in [1.165, 1.54) is 5.56 Å². The molecule has 94 valence electrons. The summed E-state index contributed by atoms with van der Waals surface area (Å²) in [7, 11) is 0. The molecule has 0 aliphatic carbocycles. The third kappa shape index (κ3) is 3.79. The van der Waals surface area contributed by atoms with Crippen molar-refractivity contribution in [3.05, 3.63) is 35.4 Å². The van der Waals surface area contributed by atoms with Crippen molar-refractivity contribution in [3.63, 3.8) is 0 Å². The topological polar surface area (TPSA) is 15.3 Å². The summed E-state index contributed by atoms with van der Waals surface area (Å²) in [5.74, 6) is 0. The van der Waals surface area contributed by atoms with E-state index in [0.29, 0.717) is 0 Å². The third-order valence-electron chi connectivity index (χ3n) is 3.37. The summed E-state index contributed by atoms with van der Waals surface area (Å²) in [6.07, 6.45) is 0.193. The molecule has 0 amide bonds. The summed E-state index contributed by atoms with van der Waals surface area (Å²) >= 11 is 0. The van der Waals surface area contributed by atoms with Gasteiger partial charge in [-0.1, -0.05) is 24.3 Å². The predicted octanol–water partition coefficient (Wildman–Crippen LogP) is 2.16. The molecule has 2 nitrogen and oxygen atoms in total. The summed E-state index contributed by atoms with van der Waals surface area (Å²) in [6.45, 7) is 7.15. The number of benzene rings is 1. The van der Waals surface area contributed by atoms with Crippen LogP contribution in [-0.4, -0.2) is 37.6 Å². The van der Waals surface area contributed by atoms with E-state index in [2.05, 4.69) is 10.2 Å². The molecule has 0 aromatic heterocycles. The molecule has 0 radical (unpaired) electrons. The van der Waals surface area contributed by atoms with E-state index in [4.69, 9.17) is 0 Å². The van der Waals surface area contributed by atoms with Crippen LogP contribution in [0.3, 0.4) is 0 Å². The van der Waals surface area contributed by atoms with Crippen molar-refractivity contribution < 1.29 is 4.39 Å². The summed E-state index contributed by atoms with van der Waals surface area (Å²) < 4.78 is 13.0. The molecule has 1 heterocycles. The fraction of sp³-hybridized carbons (Fsp3) is 0.571. The molecule has 2 rings (SSSR count). The van der Waals surface area contributed by atoms with Gasteiger partial charge in [0, 0.05) is 32.7 Å². The third-order valence-corrected chi connectivity index (χ3v) is 3.37. The fourth-order valence-electron chi connectivity index (χ4n) is 2.17. The van der Waals surface area contributed by atoms with Crippen molar-refractivity contribution in [1.29, 1.82) is 0 Å². The first-order chi connectivity index (χ1) is 8.25. The molecule has 1 fully saturated rings. The molecule has 1 aromatic rings. The van der Waals surface area contributed by atoms with Crippen LogP contribution in [0.15, 0.2) is 24.3 Å². The van der Waals surface area contributed by atoms with E-state index in [1.54, 1.807) is 6.92 Å². The average molecular weight is 236 g/mol. The molecule has 1 saturated heterocycles. The minimum Gasteiger partial charge on any atom is -0.314 e. The number of rotatable bonds is 4. The molecule has 1 aliphatic rings. The lowest BCUT2D eigenvalue weighted by Crippen LogP contribution is -2.44. The van der Waals surface area contributed by atoms with Gasteiger partial charge in [-0.2, -0.15) is 0 Å². The van der Waals surface area contributed by atoms with E-state index >= 15 is 0 Å². The molecule has 1 N–H and O–H groups in total. The lowest BCUT2D eigenvalue weighted by atomic mass is 10.1. The fourth-order valence-corrected chi connectivity index (χ4v) is 2.17. The Morgan fingerprint density at radius 3 is 2.47 bits per heavy atom. The van der Waals surface area contributed by atoms with E-state index < -0.39 is 6.17 Å². The van der Waals surface area contributed by atoms with Crippen molar-refractivity contribution in [2.24, 2.45) is 0 Å². The molecule has 1 aliphatic heterocycles. The van der Waals surface area contributed by atoms with Crippen molar-refractivity contribution in [2.75, 3.05) is 32.7 Å². The number of halogens is 1. The smallest absolute Gasteiger partial charge is 0.122 e. The van der Waals surface area contributed by atoms with Gasteiger partial charge in [0.25, 0.3) is 0 Å². The van der Waals surface area contributed by atoms with Crippen LogP contribution >= 0.6 is 0 Å². The SMILES string of the molecule is CC(F)c1ccc(CCN2CCNCC2)cc1. The van der Waals surface area contributed by atoms with Gasteiger partial charge in [0.05, 0.1) is 0 Å². The molecule has 0 bridgehead atoms. The number of hydrogen-bond donors (Lipinski definition) is 1. The Labute approximate surface area is 103 Å². The highest BCUT2D eigenvalue weighted by atomic mass is 19.1. The maximum atomic E-state index is 13.0. The van der Waals surface area contributed by atoms with E-state index in [-0.39, 0.29) is 0 Å². The number of nitrogens with one attached hydrogen (secondary N) is 1. The van der Waals surface area contributed by atoms with Crippen molar-refractivity contribution in [3.8, 4) is 0 Å². The Morgan fingerprint density at radius 1 is 1.24 bits per heavy atom.